The van der Waals surface area contributed by atoms with Gasteiger partial charge in [-0.1, -0.05) is 0 Å². The van der Waals surface area contributed by atoms with Crippen LogP contribution in [0.25, 0.3) is 17.2 Å². The number of hydrogen-bond donors (Lipinski definition) is 3. The molecule has 0 amide bonds. The SMILES string of the molecule is F.F.[B]n1cccc1/C(CCN)=c1\[nH]c(=CC=C2C=[NH+]c3ccc(OC)cc32)cc1C. The van der Waals surface area contributed by atoms with Crippen molar-refractivity contribution >= 4 is 37.1 Å². The molecule has 2 radical (unpaired) electrons. The molecule has 5 nitrogen and oxygen atoms in total. The first-order chi connectivity index (χ1) is 14.1. The van der Waals surface area contributed by atoms with Gasteiger partial charge in [0, 0.05) is 22.5 Å². The molecule has 0 unspecified atom stereocenters. The van der Waals surface area contributed by atoms with Crippen molar-refractivity contribution in [1.82, 2.24) is 9.46 Å². The molecule has 0 saturated heterocycles. The smallest absolute Gasteiger partial charge is 0.234 e. The van der Waals surface area contributed by atoms with E-state index in [1.165, 1.54) is 0 Å². The third-order valence-electron chi connectivity index (χ3n) is 5.18. The lowest BCUT2D eigenvalue weighted by atomic mass is 10.1. The predicted molar refractivity (Wildman–Crippen MR) is 124 cm³/mol. The molecule has 160 valence electrons. The second-order valence-electron chi connectivity index (χ2n) is 7.09. The van der Waals surface area contributed by atoms with Gasteiger partial charge in [0.2, 0.25) is 13.7 Å². The van der Waals surface area contributed by atoms with E-state index in [4.69, 9.17) is 18.5 Å². The molecule has 1 aliphatic rings. The topological polar surface area (TPSA) is 69.9 Å². The zero-order valence-corrected chi connectivity index (χ0v) is 17.5. The Morgan fingerprint density at radius 1 is 1.23 bits per heavy atom. The summed E-state index contributed by atoms with van der Waals surface area (Å²) in [5.41, 5.74) is 12.4. The molecule has 1 aliphatic heterocycles. The molecule has 0 aliphatic carbocycles. The molecule has 31 heavy (non-hydrogen) atoms. The van der Waals surface area contributed by atoms with Crippen molar-refractivity contribution < 1.29 is 19.1 Å². The Labute approximate surface area is 180 Å². The number of aromatic amines is 1. The summed E-state index contributed by atoms with van der Waals surface area (Å²) in [7, 11) is 7.76. The normalized spacial score (nSPS) is 14.8. The molecule has 3 heterocycles. The van der Waals surface area contributed by atoms with Gasteiger partial charge in [-0.25, -0.2) is 4.99 Å². The Hall–Kier alpha value is -3.39. The maximum atomic E-state index is 6.08. The zero-order chi connectivity index (χ0) is 20.4. The standard InChI is InChI=1S/C23H23BN4O.2FH/c1-15-12-17(27-23(15)19(9-10-25)22-4-3-11-28(22)24)6-5-16-14-26-21-8-7-18(29-2)13-20(16)21;;/h3-8,11-14,27H,9-10,25H2,1-2H3;2*1H/p+1/b16-5?,17-6?,23-19-;;. The highest BCUT2D eigenvalue weighted by atomic mass is 19.0. The number of rotatable bonds is 5. The van der Waals surface area contributed by atoms with Crippen LogP contribution in [0.2, 0.25) is 0 Å². The molecule has 2 aromatic heterocycles. The average Bonchev–Trinajstić information content (AvgIpc) is 3.42. The lowest BCUT2D eigenvalue weighted by Gasteiger charge is -2.08. The number of H-pyrrole nitrogens is 1. The van der Waals surface area contributed by atoms with Gasteiger partial charge in [0.25, 0.3) is 0 Å². The number of aryl methyl sites for hydroxylation is 1. The number of aromatic nitrogens is 2. The van der Waals surface area contributed by atoms with Gasteiger partial charge in [-0.3, -0.25) is 9.41 Å². The maximum Gasteiger partial charge on any atom is 0.234 e. The molecule has 0 saturated carbocycles. The summed E-state index contributed by atoms with van der Waals surface area (Å²) in [5.74, 6) is 0.843. The molecular formula is C23H26BF2N4O+. The molecular weight excluding hydrogens is 397 g/mol. The van der Waals surface area contributed by atoms with Gasteiger partial charge >= 0.3 is 0 Å². The summed E-state index contributed by atoms with van der Waals surface area (Å²) in [4.78, 5) is 6.83. The van der Waals surface area contributed by atoms with Crippen LogP contribution in [-0.4, -0.2) is 37.3 Å². The first-order valence-electron chi connectivity index (χ1n) is 9.62. The van der Waals surface area contributed by atoms with Crippen molar-refractivity contribution in [2.24, 2.45) is 5.73 Å². The fraction of sp³-hybridized carbons (Fsp3) is 0.174. The highest BCUT2D eigenvalue weighted by Gasteiger charge is 2.18. The van der Waals surface area contributed by atoms with Gasteiger partial charge in [0.1, 0.15) is 5.75 Å². The molecule has 3 aromatic rings. The van der Waals surface area contributed by atoms with E-state index in [-0.39, 0.29) is 9.41 Å². The maximum absolute atomic E-state index is 6.08. The van der Waals surface area contributed by atoms with Crippen LogP contribution < -0.4 is 26.2 Å². The Bertz CT molecular complexity index is 1240. The monoisotopic (exact) mass is 423 g/mol. The Balaban J connectivity index is 0.00000171. The lowest BCUT2D eigenvalue weighted by Crippen LogP contribution is -2.58. The van der Waals surface area contributed by atoms with Crippen molar-refractivity contribution in [3.05, 3.63) is 76.2 Å². The minimum absolute atomic E-state index is 0. The van der Waals surface area contributed by atoms with Crippen molar-refractivity contribution in [1.29, 1.82) is 0 Å². The Morgan fingerprint density at radius 2 is 2.03 bits per heavy atom. The van der Waals surface area contributed by atoms with E-state index >= 15 is 0 Å². The van der Waals surface area contributed by atoms with Crippen LogP contribution in [-0.2, 0) is 0 Å². The summed E-state index contributed by atoms with van der Waals surface area (Å²) < 4.78 is 6.99. The fourth-order valence-electron chi connectivity index (χ4n) is 3.73. The van der Waals surface area contributed by atoms with Crippen LogP contribution in [0.5, 0.6) is 5.75 Å². The lowest BCUT2D eigenvalue weighted by molar-refractivity contribution is -0.342. The number of methoxy groups -OCH3 is 1. The summed E-state index contributed by atoms with van der Waals surface area (Å²) >= 11 is 0. The van der Waals surface area contributed by atoms with Gasteiger partial charge in [-0.05, 0) is 79.7 Å². The molecule has 4 N–H and O–H groups in total. The second kappa shape index (κ2) is 10.1. The fourth-order valence-corrected chi connectivity index (χ4v) is 3.73. The Kier molecular flexibility index (Phi) is 7.77. The highest BCUT2D eigenvalue weighted by molar-refractivity contribution is 6.12. The largest absolute Gasteiger partial charge is 0.497 e. The number of nitrogens with one attached hydrogen (secondary N) is 2. The Morgan fingerprint density at radius 3 is 2.71 bits per heavy atom. The zero-order valence-electron chi connectivity index (χ0n) is 17.5. The number of fused-ring (bicyclic) bond motifs is 1. The van der Waals surface area contributed by atoms with E-state index < -0.39 is 0 Å². The number of ether oxygens (including phenoxy) is 1. The van der Waals surface area contributed by atoms with Crippen LogP contribution >= 0.6 is 0 Å². The highest BCUT2D eigenvalue weighted by Crippen LogP contribution is 2.26. The van der Waals surface area contributed by atoms with Crippen molar-refractivity contribution in [3.8, 4) is 5.75 Å². The van der Waals surface area contributed by atoms with E-state index in [0.29, 0.717) is 6.54 Å². The first kappa shape index (κ1) is 23.9. The van der Waals surface area contributed by atoms with Gasteiger partial charge in [-0.2, -0.15) is 0 Å². The predicted octanol–water partition coefficient (Wildman–Crippen LogP) is 0.578. The molecule has 4 rings (SSSR count). The molecule has 8 heteroatoms. The first-order valence-corrected chi connectivity index (χ1v) is 9.62. The molecule has 0 spiro atoms. The minimum atomic E-state index is 0. The van der Waals surface area contributed by atoms with Gasteiger partial charge < -0.3 is 19.9 Å². The van der Waals surface area contributed by atoms with Crippen LogP contribution in [0.15, 0.2) is 48.7 Å². The molecule has 0 fully saturated rings. The number of halogens is 2. The van der Waals surface area contributed by atoms with Crippen LogP contribution in [0, 0.1) is 6.92 Å². The minimum Gasteiger partial charge on any atom is -0.497 e. The third-order valence-corrected chi connectivity index (χ3v) is 5.18. The summed E-state index contributed by atoms with van der Waals surface area (Å²) in [6, 6.07) is 12.1. The van der Waals surface area contributed by atoms with Gasteiger partial charge in [-0.15, -0.1) is 0 Å². The average molecular weight is 423 g/mol. The van der Waals surface area contributed by atoms with Crippen molar-refractivity contribution in [3.63, 3.8) is 0 Å². The van der Waals surface area contributed by atoms with E-state index in [1.807, 2.05) is 42.7 Å². The molecule has 0 atom stereocenters. The summed E-state index contributed by atoms with van der Waals surface area (Å²) in [6.45, 7) is 2.65. The van der Waals surface area contributed by atoms with E-state index in [9.17, 15) is 0 Å². The molecule has 1 aromatic carbocycles. The van der Waals surface area contributed by atoms with Crippen LogP contribution in [0.3, 0.4) is 0 Å². The summed E-state index contributed by atoms with van der Waals surface area (Å²) in [5, 5.41) is 2.10. The molecule has 0 bridgehead atoms. The third kappa shape index (κ3) is 4.69. The van der Waals surface area contributed by atoms with Gasteiger partial charge in [0.15, 0.2) is 6.21 Å². The van der Waals surface area contributed by atoms with E-state index in [1.54, 1.807) is 11.6 Å². The number of benzene rings is 1. The van der Waals surface area contributed by atoms with Crippen LogP contribution in [0.4, 0.5) is 15.1 Å². The second-order valence-corrected chi connectivity index (χ2v) is 7.09. The van der Waals surface area contributed by atoms with E-state index in [0.717, 1.165) is 56.5 Å². The van der Waals surface area contributed by atoms with Crippen LogP contribution in [0.1, 0.15) is 23.2 Å². The van der Waals surface area contributed by atoms with Crippen molar-refractivity contribution in [2.75, 3.05) is 13.7 Å². The van der Waals surface area contributed by atoms with E-state index in [2.05, 4.69) is 35.1 Å². The van der Waals surface area contributed by atoms with Crippen molar-refractivity contribution in [2.45, 2.75) is 13.3 Å². The quantitative estimate of drug-likeness (QED) is 0.526. The number of nitrogens with two attached hydrogens (primary N) is 1. The number of nitrogens with zero attached hydrogens (tertiary/aromatic N) is 1. The number of hydrogen-bond acceptors (Lipinski definition) is 2. The number of allylic oxidation sites excluding steroid dienone is 2. The van der Waals surface area contributed by atoms with Gasteiger partial charge in [0.05, 0.1) is 18.2 Å². The summed E-state index contributed by atoms with van der Waals surface area (Å²) in [6.07, 6.45) is 8.77.